The largest absolute Gasteiger partial charge is 0.494 e. The number of amides is 2. The Morgan fingerprint density at radius 1 is 0.698 bits per heavy atom. The minimum absolute atomic E-state index is 0.267. The van der Waals surface area contributed by atoms with Crippen LogP contribution in [0.4, 0.5) is 0 Å². The molecule has 2 amide bonds. The molecule has 2 aromatic rings. The van der Waals surface area contributed by atoms with Crippen molar-refractivity contribution in [2.24, 2.45) is 5.41 Å². The lowest BCUT2D eigenvalue weighted by atomic mass is 9.79. The van der Waals surface area contributed by atoms with Gasteiger partial charge in [-0.05, 0) is 86.8 Å². The number of rotatable bonds is 22. The summed E-state index contributed by atoms with van der Waals surface area (Å²) in [7, 11) is 0. The molecule has 0 fully saturated rings. The number of aliphatic hydroxyl groups is 2. The highest BCUT2D eigenvalue weighted by atomic mass is 79.9. The molecule has 0 bridgehead atoms. The molecule has 4 N–H and O–H groups in total. The summed E-state index contributed by atoms with van der Waals surface area (Å²) < 4.78 is 11.5. The van der Waals surface area contributed by atoms with Crippen LogP contribution in [0.2, 0.25) is 0 Å². The summed E-state index contributed by atoms with van der Waals surface area (Å²) >= 11 is 6.83. The normalized spacial score (nSPS) is 12.8. The van der Waals surface area contributed by atoms with Gasteiger partial charge in [-0.1, -0.05) is 70.0 Å². The van der Waals surface area contributed by atoms with E-state index < -0.39 is 29.3 Å². The van der Waals surface area contributed by atoms with Gasteiger partial charge in [0.05, 0.1) is 38.5 Å². The molecule has 0 spiro atoms. The third kappa shape index (κ3) is 12.4. The molecule has 2 rings (SSSR count). The van der Waals surface area contributed by atoms with E-state index in [0.29, 0.717) is 26.1 Å². The van der Waals surface area contributed by atoms with E-state index in [4.69, 9.17) is 9.47 Å². The summed E-state index contributed by atoms with van der Waals surface area (Å²) in [6.45, 7) is 4.37. The molecule has 0 saturated heterocycles. The van der Waals surface area contributed by atoms with Crippen molar-refractivity contribution in [1.82, 2.24) is 10.6 Å². The summed E-state index contributed by atoms with van der Waals surface area (Å²) in [5.41, 5.74) is 0.539. The molecule has 2 aromatic carbocycles. The van der Waals surface area contributed by atoms with Gasteiger partial charge in [-0.3, -0.25) is 9.59 Å². The van der Waals surface area contributed by atoms with Gasteiger partial charge in [-0.15, -0.1) is 0 Å². The van der Waals surface area contributed by atoms with Crippen LogP contribution in [0.25, 0.3) is 0 Å². The highest BCUT2D eigenvalue weighted by Gasteiger charge is 2.43. The van der Waals surface area contributed by atoms with E-state index in [1.807, 2.05) is 48.5 Å². The van der Waals surface area contributed by atoms with Crippen molar-refractivity contribution in [3.63, 3.8) is 0 Å². The molecule has 0 heterocycles. The molecule has 0 aliphatic carbocycles. The molecule has 0 unspecified atom stereocenters. The number of nitrogens with one attached hydrogen (secondary N) is 2. The molecule has 240 valence electrons. The van der Waals surface area contributed by atoms with Gasteiger partial charge in [0.2, 0.25) is 11.8 Å². The number of aliphatic hydroxyl groups excluding tert-OH is 2. The first kappa shape index (κ1) is 37.0. The van der Waals surface area contributed by atoms with Gasteiger partial charge in [0.15, 0.2) is 0 Å². The Morgan fingerprint density at radius 3 is 1.37 bits per heavy atom. The Morgan fingerprint density at radius 2 is 1.07 bits per heavy atom. The lowest BCUT2D eigenvalue weighted by Gasteiger charge is -2.32. The van der Waals surface area contributed by atoms with Gasteiger partial charge in [0.25, 0.3) is 0 Å². The first-order valence-electron chi connectivity index (χ1n) is 15.2. The van der Waals surface area contributed by atoms with Gasteiger partial charge in [0, 0.05) is 10.7 Å². The van der Waals surface area contributed by atoms with E-state index in [2.05, 4.69) is 42.5 Å². The molecule has 10 heteroatoms. The Bertz CT molecular complexity index is 983. The van der Waals surface area contributed by atoms with Crippen molar-refractivity contribution in [2.75, 3.05) is 37.1 Å². The maximum Gasteiger partial charge on any atom is 0.235 e. The fraction of sp³-hybridized carbons (Fsp3) is 0.576. The third-order valence-corrected chi connectivity index (χ3v) is 8.71. The van der Waals surface area contributed by atoms with Crippen LogP contribution in [0.1, 0.15) is 63.5 Å². The number of carbonyl (C=O) groups is 2. The van der Waals surface area contributed by atoms with Crippen LogP contribution in [-0.2, 0) is 22.4 Å². The molecular weight excluding hydrogens is 680 g/mol. The van der Waals surface area contributed by atoms with Crippen molar-refractivity contribution in [2.45, 2.75) is 77.3 Å². The topological polar surface area (TPSA) is 117 Å². The fourth-order valence-corrected chi connectivity index (χ4v) is 5.54. The molecule has 0 radical (unpaired) electrons. The highest BCUT2D eigenvalue weighted by molar-refractivity contribution is 9.09. The second kappa shape index (κ2) is 20.7. The summed E-state index contributed by atoms with van der Waals surface area (Å²) in [4.78, 5) is 27.1. The Labute approximate surface area is 273 Å². The van der Waals surface area contributed by atoms with E-state index in [-0.39, 0.29) is 26.1 Å². The molecule has 0 aromatic heterocycles. The second-order valence-electron chi connectivity index (χ2n) is 10.7. The number of benzene rings is 2. The average Bonchev–Trinajstić information content (AvgIpc) is 3.03. The molecule has 8 nitrogen and oxygen atoms in total. The summed E-state index contributed by atoms with van der Waals surface area (Å²) in [6, 6.07) is 14.1. The molecule has 0 saturated carbocycles. The van der Waals surface area contributed by atoms with Gasteiger partial charge >= 0.3 is 0 Å². The minimum atomic E-state index is -1.33. The second-order valence-corrected chi connectivity index (χ2v) is 12.3. The van der Waals surface area contributed by atoms with Crippen LogP contribution in [-0.4, -0.2) is 71.2 Å². The van der Waals surface area contributed by atoms with Gasteiger partial charge in [-0.25, -0.2) is 0 Å². The molecule has 0 aliphatic rings. The lowest BCUT2D eigenvalue weighted by molar-refractivity contribution is -0.145. The molecular formula is C33H48Br2N2O6. The number of unbranched alkanes of at least 4 members (excludes halogenated alkanes) is 2. The maximum atomic E-state index is 13.6. The van der Waals surface area contributed by atoms with Crippen molar-refractivity contribution in [3.8, 4) is 11.5 Å². The SMILES string of the molecule is CCC(CC)(C(=O)N[C@H](CO)Cc1ccc(OCCCCBr)cc1)C(=O)N[C@H](CO)Cc1ccc(OCCCCBr)cc1. The molecule has 2 atom stereocenters. The monoisotopic (exact) mass is 726 g/mol. The number of hydrogen-bond acceptors (Lipinski definition) is 6. The van der Waals surface area contributed by atoms with Crippen LogP contribution >= 0.6 is 31.9 Å². The highest BCUT2D eigenvalue weighted by Crippen LogP contribution is 2.28. The Balaban J connectivity index is 1.98. The molecule has 43 heavy (non-hydrogen) atoms. The summed E-state index contributed by atoms with van der Waals surface area (Å²) in [5, 5.41) is 27.8. The predicted octanol–water partition coefficient (Wildman–Crippen LogP) is 5.34. The third-order valence-electron chi connectivity index (χ3n) is 7.59. The predicted molar refractivity (Wildman–Crippen MR) is 178 cm³/mol. The number of ether oxygens (including phenoxy) is 2. The van der Waals surface area contributed by atoms with Crippen molar-refractivity contribution >= 4 is 43.7 Å². The first-order valence-corrected chi connectivity index (χ1v) is 17.5. The van der Waals surface area contributed by atoms with E-state index in [1.54, 1.807) is 13.8 Å². The zero-order valence-electron chi connectivity index (χ0n) is 25.5. The van der Waals surface area contributed by atoms with Gasteiger partial charge in [0.1, 0.15) is 16.9 Å². The van der Waals surface area contributed by atoms with Crippen LogP contribution in [0, 0.1) is 5.41 Å². The Kier molecular flexibility index (Phi) is 17.9. The maximum absolute atomic E-state index is 13.6. The number of carbonyl (C=O) groups excluding carboxylic acids is 2. The fourth-order valence-electron chi connectivity index (χ4n) is 4.75. The van der Waals surface area contributed by atoms with E-state index in [1.165, 1.54) is 0 Å². The zero-order valence-corrected chi connectivity index (χ0v) is 28.6. The van der Waals surface area contributed by atoms with Crippen molar-refractivity contribution in [3.05, 3.63) is 59.7 Å². The summed E-state index contributed by atoms with van der Waals surface area (Å²) in [5.74, 6) is 0.691. The van der Waals surface area contributed by atoms with Crippen LogP contribution in [0.15, 0.2) is 48.5 Å². The lowest BCUT2D eigenvalue weighted by Crippen LogP contribution is -2.56. The quantitative estimate of drug-likeness (QED) is 0.0740. The zero-order chi connectivity index (χ0) is 31.5. The van der Waals surface area contributed by atoms with E-state index >= 15 is 0 Å². The summed E-state index contributed by atoms with van der Waals surface area (Å²) in [6.07, 6.45) is 5.41. The van der Waals surface area contributed by atoms with Crippen molar-refractivity contribution in [1.29, 1.82) is 0 Å². The first-order chi connectivity index (χ1) is 20.8. The van der Waals surface area contributed by atoms with Crippen LogP contribution in [0.3, 0.4) is 0 Å². The van der Waals surface area contributed by atoms with E-state index in [9.17, 15) is 19.8 Å². The van der Waals surface area contributed by atoms with Gasteiger partial charge < -0.3 is 30.3 Å². The number of halogens is 2. The Hall–Kier alpha value is -2.14. The van der Waals surface area contributed by atoms with Crippen molar-refractivity contribution < 1.29 is 29.3 Å². The standard InChI is InChI=1S/C33H48Br2N2O6/c1-3-33(4-2,31(40)36-27(23-38)21-25-9-13-29(14-10-25)42-19-7-5-17-34)32(41)37-28(24-39)22-26-11-15-30(16-12-26)43-20-8-6-18-35/h9-16,27-28,38-39H,3-8,17-24H2,1-2H3,(H,36,40)(H,37,41)/t27-,28-/m0/s1. The number of alkyl halides is 2. The van der Waals surface area contributed by atoms with E-state index in [0.717, 1.165) is 59.0 Å². The van der Waals surface area contributed by atoms with Gasteiger partial charge in [-0.2, -0.15) is 0 Å². The average molecular weight is 729 g/mol. The van der Waals surface area contributed by atoms with Crippen LogP contribution < -0.4 is 20.1 Å². The van der Waals surface area contributed by atoms with Crippen LogP contribution in [0.5, 0.6) is 11.5 Å². The molecule has 0 aliphatic heterocycles. The number of hydrogen-bond donors (Lipinski definition) is 4. The minimum Gasteiger partial charge on any atom is -0.494 e. The smallest absolute Gasteiger partial charge is 0.235 e.